The monoisotopic (exact) mass is 154 g/mol. The van der Waals surface area contributed by atoms with Crippen molar-refractivity contribution in [3.05, 3.63) is 0 Å². The van der Waals surface area contributed by atoms with Crippen molar-refractivity contribution in [3.8, 4) is 0 Å². The van der Waals surface area contributed by atoms with Crippen LogP contribution in [0, 0.1) is 11.3 Å². The predicted octanol–water partition coefficient (Wildman–Crippen LogP) is 4.00. The van der Waals surface area contributed by atoms with E-state index in [1.165, 1.54) is 38.5 Å². The van der Waals surface area contributed by atoms with Gasteiger partial charge in [0.1, 0.15) is 0 Å². The van der Waals surface area contributed by atoms with E-state index in [9.17, 15) is 0 Å². The lowest BCUT2D eigenvalue weighted by molar-refractivity contribution is 0.128. The molecule has 0 aromatic carbocycles. The fraction of sp³-hybridized carbons (Fsp3) is 1.00. The molecular formula is C11H22. The van der Waals surface area contributed by atoms with Crippen LogP contribution in [0.2, 0.25) is 0 Å². The molecule has 0 N–H and O–H groups in total. The van der Waals surface area contributed by atoms with E-state index < -0.39 is 0 Å². The van der Waals surface area contributed by atoms with Crippen molar-refractivity contribution in [2.75, 3.05) is 0 Å². The van der Waals surface area contributed by atoms with E-state index in [4.69, 9.17) is 0 Å². The van der Waals surface area contributed by atoms with Crippen molar-refractivity contribution in [1.82, 2.24) is 0 Å². The van der Waals surface area contributed by atoms with Gasteiger partial charge >= 0.3 is 0 Å². The first-order valence-corrected chi connectivity index (χ1v) is 5.17. The van der Waals surface area contributed by atoms with Gasteiger partial charge in [0.25, 0.3) is 0 Å². The molecule has 0 saturated heterocycles. The van der Waals surface area contributed by atoms with Crippen LogP contribution in [0.1, 0.15) is 59.3 Å². The molecule has 0 amide bonds. The van der Waals surface area contributed by atoms with Crippen molar-refractivity contribution in [1.29, 1.82) is 0 Å². The van der Waals surface area contributed by atoms with Gasteiger partial charge in [-0.2, -0.15) is 0 Å². The molecule has 0 aliphatic heterocycles. The Morgan fingerprint density at radius 2 is 2.00 bits per heavy atom. The van der Waals surface area contributed by atoms with Gasteiger partial charge in [0, 0.05) is 0 Å². The van der Waals surface area contributed by atoms with Gasteiger partial charge in [-0.05, 0) is 24.2 Å². The summed E-state index contributed by atoms with van der Waals surface area (Å²) in [5.74, 6) is 1.02. The molecule has 0 radical (unpaired) electrons. The molecule has 0 bridgehead atoms. The van der Waals surface area contributed by atoms with Crippen LogP contribution in [0.15, 0.2) is 0 Å². The van der Waals surface area contributed by atoms with Gasteiger partial charge < -0.3 is 0 Å². The summed E-state index contributed by atoms with van der Waals surface area (Å²) < 4.78 is 0. The topological polar surface area (TPSA) is 0 Å². The molecule has 0 spiro atoms. The van der Waals surface area contributed by atoms with E-state index in [1.54, 1.807) is 0 Å². The Bertz CT molecular complexity index is 111. The standard InChI is InChI=1S/C11H22/c1-4-7-10-8-5-6-9-11(10,2)3/h10H,4-9H2,1-3H3/t10-/m0/s1. The second-order valence-corrected chi connectivity index (χ2v) is 4.72. The van der Waals surface area contributed by atoms with E-state index in [2.05, 4.69) is 20.8 Å². The average Bonchev–Trinajstić information content (AvgIpc) is 1.94. The third kappa shape index (κ3) is 2.21. The third-order valence-corrected chi connectivity index (χ3v) is 3.37. The van der Waals surface area contributed by atoms with E-state index in [1.807, 2.05) is 0 Å². The summed E-state index contributed by atoms with van der Waals surface area (Å²) in [6, 6.07) is 0. The molecule has 66 valence electrons. The normalized spacial score (nSPS) is 30.3. The minimum atomic E-state index is 0.647. The summed E-state index contributed by atoms with van der Waals surface area (Å²) in [5.41, 5.74) is 0.647. The first-order valence-electron chi connectivity index (χ1n) is 5.17. The quantitative estimate of drug-likeness (QED) is 0.564. The maximum Gasteiger partial charge on any atom is -0.0326 e. The molecule has 0 heterocycles. The predicted molar refractivity (Wildman–Crippen MR) is 50.6 cm³/mol. The molecule has 1 rings (SSSR count). The van der Waals surface area contributed by atoms with Gasteiger partial charge in [0.2, 0.25) is 0 Å². The highest BCUT2D eigenvalue weighted by Gasteiger charge is 2.30. The third-order valence-electron chi connectivity index (χ3n) is 3.37. The lowest BCUT2D eigenvalue weighted by Crippen LogP contribution is -2.27. The van der Waals surface area contributed by atoms with Crippen LogP contribution in [0.25, 0.3) is 0 Å². The molecule has 0 nitrogen and oxygen atoms in total. The van der Waals surface area contributed by atoms with Crippen molar-refractivity contribution < 1.29 is 0 Å². The molecule has 11 heavy (non-hydrogen) atoms. The number of hydrogen-bond donors (Lipinski definition) is 0. The second-order valence-electron chi connectivity index (χ2n) is 4.72. The van der Waals surface area contributed by atoms with Crippen molar-refractivity contribution in [2.45, 2.75) is 59.3 Å². The van der Waals surface area contributed by atoms with E-state index in [0.29, 0.717) is 5.41 Å². The van der Waals surface area contributed by atoms with Gasteiger partial charge in [-0.1, -0.05) is 46.5 Å². The molecule has 1 atom stereocenters. The van der Waals surface area contributed by atoms with Gasteiger partial charge in [-0.25, -0.2) is 0 Å². The fourth-order valence-corrected chi connectivity index (χ4v) is 2.45. The highest BCUT2D eigenvalue weighted by Crippen LogP contribution is 2.42. The highest BCUT2D eigenvalue weighted by atomic mass is 14.4. The molecule has 0 aromatic rings. The van der Waals surface area contributed by atoms with Gasteiger partial charge in [0.15, 0.2) is 0 Å². The summed E-state index contributed by atoms with van der Waals surface area (Å²) in [4.78, 5) is 0. The van der Waals surface area contributed by atoms with Crippen LogP contribution in [0.5, 0.6) is 0 Å². The first kappa shape index (κ1) is 9.09. The molecule has 0 heteroatoms. The maximum atomic E-state index is 2.45. The van der Waals surface area contributed by atoms with Crippen LogP contribution in [0.4, 0.5) is 0 Å². The van der Waals surface area contributed by atoms with Crippen LogP contribution in [0.3, 0.4) is 0 Å². The minimum absolute atomic E-state index is 0.647. The van der Waals surface area contributed by atoms with Gasteiger partial charge in [0.05, 0.1) is 0 Å². The van der Waals surface area contributed by atoms with Crippen LogP contribution >= 0.6 is 0 Å². The lowest BCUT2D eigenvalue weighted by Gasteiger charge is -2.38. The second kappa shape index (κ2) is 3.60. The summed E-state index contributed by atoms with van der Waals surface area (Å²) in [7, 11) is 0. The van der Waals surface area contributed by atoms with Crippen LogP contribution in [-0.4, -0.2) is 0 Å². The summed E-state index contributed by atoms with van der Waals surface area (Å²) >= 11 is 0. The zero-order valence-electron chi connectivity index (χ0n) is 8.32. The molecule has 1 fully saturated rings. The molecule has 1 aliphatic rings. The van der Waals surface area contributed by atoms with E-state index >= 15 is 0 Å². The molecular weight excluding hydrogens is 132 g/mol. The first-order chi connectivity index (χ1) is 5.17. The smallest absolute Gasteiger partial charge is 0.0326 e. The van der Waals surface area contributed by atoms with Crippen molar-refractivity contribution in [3.63, 3.8) is 0 Å². The fourth-order valence-electron chi connectivity index (χ4n) is 2.45. The maximum absolute atomic E-state index is 2.45. The summed E-state index contributed by atoms with van der Waals surface area (Å²) in [6.45, 7) is 7.21. The Morgan fingerprint density at radius 3 is 2.55 bits per heavy atom. The molecule has 1 aliphatic carbocycles. The minimum Gasteiger partial charge on any atom is -0.0654 e. The zero-order valence-corrected chi connectivity index (χ0v) is 8.32. The van der Waals surface area contributed by atoms with Gasteiger partial charge in [-0.15, -0.1) is 0 Å². The molecule has 0 aromatic heterocycles. The lowest BCUT2D eigenvalue weighted by atomic mass is 9.67. The van der Waals surface area contributed by atoms with Crippen molar-refractivity contribution >= 4 is 0 Å². The molecule has 1 saturated carbocycles. The van der Waals surface area contributed by atoms with Crippen LogP contribution < -0.4 is 0 Å². The Balaban J connectivity index is 2.45. The Labute approximate surface area is 71.4 Å². The Morgan fingerprint density at radius 1 is 1.27 bits per heavy atom. The van der Waals surface area contributed by atoms with Gasteiger partial charge in [-0.3, -0.25) is 0 Å². The summed E-state index contributed by atoms with van der Waals surface area (Å²) in [6.07, 6.45) is 8.71. The Kier molecular flexibility index (Phi) is 2.98. The van der Waals surface area contributed by atoms with E-state index in [-0.39, 0.29) is 0 Å². The molecule has 0 unspecified atom stereocenters. The largest absolute Gasteiger partial charge is 0.0654 e. The highest BCUT2D eigenvalue weighted by molar-refractivity contribution is 4.81. The Hall–Kier alpha value is 0. The average molecular weight is 154 g/mol. The summed E-state index contributed by atoms with van der Waals surface area (Å²) in [5, 5.41) is 0. The SMILES string of the molecule is CCC[C@H]1CCCCC1(C)C. The number of hydrogen-bond acceptors (Lipinski definition) is 0. The van der Waals surface area contributed by atoms with Crippen molar-refractivity contribution in [2.24, 2.45) is 11.3 Å². The number of rotatable bonds is 2. The zero-order chi connectivity index (χ0) is 8.32. The van der Waals surface area contributed by atoms with E-state index in [0.717, 1.165) is 5.92 Å². The van der Waals surface area contributed by atoms with Crippen LogP contribution in [-0.2, 0) is 0 Å².